The maximum atomic E-state index is 12.7. The van der Waals surface area contributed by atoms with Gasteiger partial charge in [-0.1, -0.05) is 23.7 Å². The number of aromatic nitrogens is 1. The van der Waals surface area contributed by atoms with Crippen molar-refractivity contribution in [3.8, 4) is 5.75 Å². The second-order valence-corrected chi connectivity index (χ2v) is 6.26. The number of nitrogens with one attached hydrogen (secondary N) is 1. The number of hydrogen-bond donors (Lipinski definition) is 1. The van der Waals surface area contributed by atoms with E-state index in [9.17, 15) is 14.4 Å². The maximum absolute atomic E-state index is 12.7. The summed E-state index contributed by atoms with van der Waals surface area (Å²) in [6, 6.07) is 8.42. The number of aromatic amines is 1. The Balaban J connectivity index is 1.67. The Labute approximate surface area is 155 Å². The number of H-pyrrole nitrogens is 1. The highest BCUT2D eigenvalue weighted by molar-refractivity contribution is 6.30. The third-order valence-electron chi connectivity index (χ3n) is 4.30. The van der Waals surface area contributed by atoms with Crippen LogP contribution in [0.15, 0.2) is 41.3 Å². The minimum atomic E-state index is -0.435. The SMILES string of the molecule is COc1ccccc1C(=O)N1CCN(C(=O)c2c[nH]c(=O)c(Cl)c2)CC1. The molecule has 0 saturated carbocycles. The molecule has 1 aromatic heterocycles. The van der Waals surface area contributed by atoms with E-state index in [0.29, 0.717) is 43.1 Å². The lowest BCUT2D eigenvalue weighted by atomic mass is 10.1. The summed E-state index contributed by atoms with van der Waals surface area (Å²) in [4.78, 5) is 42.3. The largest absolute Gasteiger partial charge is 0.496 e. The lowest BCUT2D eigenvalue weighted by molar-refractivity contribution is 0.0533. The van der Waals surface area contributed by atoms with Crippen LogP contribution in [0.1, 0.15) is 20.7 Å². The number of para-hydroxylation sites is 1. The second kappa shape index (κ2) is 7.61. The zero-order valence-electron chi connectivity index (χ0n) is 14.2. The number of carbonyl (C=O) groups is 2. The Bertz CT molecular complexity index is 888. The van der Waals surface area contributed by atoms with Gasteiger partial charge in [0.15, 0.2) is 0 Å². The minimum absolute atomic E-state index is 0.0270. The number of benzene rings is 1. The van der Waals surface area contributed by atoms with Gasteiger partial charge in [0, 0.05) is 32.4 Å². The Morgan fingerprint density at radius 3 is 2.31 bits per heavy atom. The number of amides is 2. The fourth-order valence-electron chi connectivity index (χ4n) is 2.87. The van der Waals surface area contributed by atoms with Gasteiger partial charge in [0.05, 0.1) is 18.2 Å². The molecular weight excluding hydrogens is 358 g/mol. The molecule has 3 rings (SSSR count). The minimum Gasteiger partial charge on any atom is -0.496 e. The summed E-state index contributed by atoms with van der Waals surface area (Å²) in [5.74, 6) is 0.174. The third kappa shape index (κ3) is 3.57. The average molecular weight is 376 g/mol. The fourth-order valence-corrected chi connectivity index (χ4v) is 3.04. The normalized spacial score (nSPS) is 14.2. The van der Waals surface area contributed by atoms with Crippen LogP contribution in [0, 0.1) is 0 Å². The first-order valence-corrected chi connectivity index (χ1v) is 8.49. The van der Waals surface area contributed by atoms with Crippen LogP contribution in [0.25, 0.3) is 0 Å². The van der Waals surface area contributed by atoms with E-state index >= 15 is 0 Å². The molecular formula is C18H18ClN3O4. The molecule has 136 valence electrons. The molecule has 2 heterocycles. The summed E-state index contributed by atoms with van der Waals surface area (Å²) >= 11 is 5.78. The van der Waals surface area contributed by atoms with Crippen LogP contribution in [0.3, 0.4) is 0 Å². The van der Waals surface area contributed by atoms with Gasteiger partial charge in [-0.2, -0.15) is 0 Å². The van der Waals surface area contributed by atoms with Gasteiger partial charge in [-0.25, -0.2) is 0 Å². The van der Waals surface area contributed by atoms with Crippen LogP contribution in [0.4, 0.5) is 0 Å². The van der Waals surface area contributed by atoms with Crippen LogP contribution in [0.5, 0.6) is 5.75 Å². The van der Waals surface area contributed by atoms with Gasteiger partial charge in [-0.05, 0) is 18.2 Å². The van der Waals surface area contributed by atoms with Crippen molar-refractivity contribution in [2.24, 2.45) is 0 Å². The molecule has 8 heteroatoms. The van der Waals surface area contributed by atoms with E-state index in [-0.39, 0.29) is 16.8 Å². The van der Waals surface area contributed by atoms with Gasteiger partial charge in [-0.3, -0.25) is 14.4 Å². The van der Waals surface area contributed by atoms with E-state index < -0.39 is 5.56 Å². The molecule has 2 amide bonds. The van der Waals surface area contributed by atoms with E-state index in [1.54, 1.807) is 28.0 Å². The van der Waals surface area contributed by atoms with Crippen molar-refractivity contribution in [3.63, 3.8) is 0 Å². The van der Waals surface area contributed by atoms with E-state index in [4.69, 9.17) is 16.3 Å². The number of ether oxygens (including phenoxy) is 1. The monoisotopic (exact) mass is 375 g/mol. The molecule has 1 fully saturated rings. The van der Waals surface area contributed by atoms with Crippen LogP contribution in [0.2, 0.25) is 5.02 Å². The molecule has 1 aliphatic heterocycles. The van der Waals surface area contributed by atoms with Crippen molar-refractivity contribution >= 4 is 23.4 Å². The number of carbonyl (C=O) groups excluding carboxylic acids is 2. The first-order valence-electron chi connectivity index (χ1n) is 8.11. The van der Waals surface area contributed by atoms with Crippen molar-refractivity contribution < 1.29 is 14.3 Å². The van der Waals surface area contributed by atoms with Crippen LogP contribution >= 0.6 is 11.6 Å². The number of rotatable bonds is 3. The zero-order valence-corrected chi connectivity index (χ0v) is 15.0. The average Bonchev–Trinajstić information content (AvgIpc) is 2.69. The van der Waals surface area contributed by atoms with E-state index in [2.05, 4.69) is 4.98 Å². The highest BCUT2D eigenvalue weighted by Gasteiger charge is 2.27. The molecule has 0 atom stereocenters. The molecule has 0 spiro atoms. The smallest absolute Gasteiger partial charge is 0.266 e. The molecule has 2 aromatic rings. The topological polar surface area (TPSA) is 82.7 Å². The Morgan fingerprint density at radius 1 is 1.08 bits per heavy atom. The summed E-state index contributed by atoms with van der Waals surface area (Å²) in [6.45, 7) is 1.63. The summed E-state index contributed by atoms with van der Waals surface area (Å²) in [5.41, 5.74) is 0.386. The lowest BCUT2D eigenvalue weighted by Crippen LogP contribution is -2.50. The second-order valence-electron chi connectivity index (χ2n) is 5.85. The van der Waals surface area contributed by atoms with Gasteiger partial charge in [-0.15, -0.1) is 0 Å². The van der Waals surface area contributed by atoms with Crippen LogP contribution in [-0.4, -0.2) is 59.9 Å². The highest BCUT2D eigenvalue weighted by atomic mass is 35.5. The molecule has 1 saturated heterocycles. The Kier molecular flexibility index (Phi) is 5.27. The van der Waals surface area contributed by atoms with E-state index in [1.807, 2.05) is 6.07 Å². The van der Waals surface area contributed by atoms with Gasteiger partial charge in [0.1, 0.15) is 10.8 Å². The van der Waals surface area contributed by atoms with E-state index in [0.717, 1.165) is 0 Å². The molecule has 1 aliphatic rings. The number of halogens is 1. The van der Waals surface area contributed by atoms with Crippen molar-refractivity contribution in [2.45, 2.75) is 0 Å². The molecule has 0 unspecified atom stereocenters. The molecule has 26 heavy (non-hydrogen) atoms. The molecule has 7 nitrogen and oxygen atoms in total. The van der Waals surface area contributed by atoms with Crippen LogP contribution in [-0.2, 0) is 0 Å². The number of methoxy groups -OCH3 is 1. The number of pyridine rings is 1. The predicted octanol–water partition coefficient (Wildman–Crippen LogP) is 1.64. The molecule has 1 aromatic carbocycles. The summed E-state index contributed by atoms with van der Waals surface area (Å²) in [5, 5.41) is -0.0270. The molecule has 0 bridgehead atoms. The van der Waals surface area contributed by atoms with Gasteiger partial charge < -0.3 is 19.5 Å². The Hall–Kier alpha value is -2.80. The van der Waals surface area contributed by atoms with Gasteiger partial charge >= 0.3 is 0 Å². The molecule has 1 N–H and O–H groups in total. The standard InChI is InChI=1S/C18H18ClN3O4/c1-26-15-5-3-2-4-13(15)18(25)22-8-6-21(7-9-22)17(24)12-10-14(19)16(23)20-11-12/h2-5,10-11H,6-9H2,1H3,(H,20,23). The molecule has 0 aliphatic carbocycles. The van der Waals surface area contributed by atoms with Crippen LogP contribution < -0.4 is 10.3 Å². The van der Waals surface area contributed by atoms with Gasteiger partial charge in [0.2, 0.25) is 0 Å². The maximum Gasteiger partial charge on any atom is 0.266 e. The third-order valence-corrected chi connectivity index (χ3v) is 4.58. The van der Waals surface area contributed by atoms with Crippen molar-refractivity contribution in [2.75, 3.05) is 33.3 Å². The van der Waals surface area contributed by atoms with Crippen molar-refractivity contribution in [1.29, 1.82) is 0 Å². The fraction of sp³-hybridized carbons (Fsp3) is 0.278. The Morgan fingerprint density at radius 2 is 1.69 bits per heavy atom. The van der Waals surface area contributed by atoms with E-state index in [1.165, 1.54) is 19.4 Å². The summed E-state index contributed by atoms with van der Waals surface area (Å²) in [6.07, 6.45) is 1.35. The first-order chi connectivity index (χ1) is 12.5. The number of hydrogen-bond acceptors (Lipinski definition) is 4. The zero-order chi connectivity index (χ0) is 18.7. The predicted molar refractivity (Wildman–Crippen MR) is 96.9 cm³/mol. The summed E-state index contributed by atoms with van der Waals surface area (Å²) in [7, 11) is 1.53. The number of nitrogens with zero attached hydrogens (tertiary/aromatic N) is 2. The molecule has 0 radical (unpaired) electrons. The van der Waals surface area contributed by atoms with Crippen molar-refractivity contribution in [1.82, 2.24) is 14.8 Å². The number of piperazine rings is 1. The highest BCUT2D eigenvalue weighted by Crippen LogP contribution is 2.20. The summed E-state index contributed by atoms with van der Waals surface area (Å²) < 4.78 is 5.24. The van der Waals surface area contributed by atoms with Crippen molar-refractivity contribution in [3.05, 3.63) is 63.0 Å². The van der Waals surface area contributed by atoms with Gasteiger partial charge in [0.25, 0.3) is 17.4 Å². The lowest BCUT2D eigenvalue weighted by Gasteiger charge is -2.35. The quantitative estimate of drug-likeness (QED) is 0.884. The first kappa shape index (κ1) is 18.0.